The molecule has 2 heterocycles. The first-order chi connectivity index (χ1) is 13.0. The standard InChI is InChI=1S/C20H12ClNO3S2/c21-15-7-5-14(6-8-15)18-17-2-1-11-22-19(17)26-20(18)27(24,25)16-9-3-13(12-23)4-10-16/h1-12H. The minimum absolute atomic E-state index is 0.134. The van der Waals surface area contributed by atoms with Gasteiger partial charge in [0.15, 0.2) is 0 Å². The molecule has 4 rings (SSSR count). The molecular formula is C20H12ClNO3S2. The van der Waals surface area contributed by atoms with Crippen molar-refractivity contribution >= 4 is 49.3 Å². The maximum Gasteiger partial charge on any atom is 0.216 e. The van der Waals surface area contributed by atoms with E-state index >= 15 is 0 Å². The molecule has 0 N–H and O–H groups in total. The number of carbonyl (C=O) groups is 1. The number of sulfone groups is 1. The highest BCUT2D eigenvalue weighted by atomic mass is 35.5. The monoisotopic (exact) mass is 413 g/mol. The van der Waals surface area contributed by atoms with Gasteiger partial charge in [-0.05, 0) is 42.0 Å². The molecule has 0 amide bonds. The molecule has 0 atom stereocenters. The molecule has 0 unspecified atom stereocenters. The second-order valence-corrected chi connectivity index (χ2v) is 9.40. The van der Waals surface area contributed by atoms with Crippen LogP contribution in [0.3, 0.4) is 0 Å². The fourth-order valence-corrected chi connectivity index (χ4v) is 6.02. The van der Waals surface area contributed by atoms with E-state index < -0.39 is 9.84 Å². The zero-order chi connectivity index (χ0) is 19.0. The van der Waals surface area contributed by atoms with E-state index in [2.05, 4.69) is 4.98 Å². The molecule has 27 heavy (non-hydrogen) atoms. The summed E-state index contributed by atoms with van der Waals surface area (Å²) in [6.45, 7) is 0. The minimum Gasteiger partial charge on any atom is -0.298 e. The number of fused-ring (bicyclic) bond motifs is 1. The lowest BCUT2D eigenvalue weighted by atomic mass is 10.1. The number of aldehydes is 1. The van der Waals surface area contributed by atoms with Crippen molar-refractivity contribution in [2.45, 2.75) is 9.10 Å². The van der Waals surface area contributed by atoms with E-state index in [0.29, 0.717) is 27.3 Å². The first-order valence-electron chi connectivity index (χ1n) is 7.94. The van der Waals surface area contributed by atoms with Crippen molar-refractivity contribution in [3.63, 3.8) is 0 Å². The molecule has 0 radical (unpaired) electrons. The predicted octanol–water partition coefficient (Wildman–Crippen LogP) is 5.26. The van der Waals surface area contributed by atoms with Gasteiger partial charge in [-0.15, -0.1) is 11.3 Å². The van der Waals surface area contributed by atoms with Crippen LogP contribution >= 0.6 is 22.9 Å². The van der Waals surface area contributed by atoms with Crippen LogP contribution in [0.25, 0.3) is 21.3 Å². The number of halogens is 1. The normalized spacial score (nSPS) is 11.6. The highest BCUT2D eigenvalue weighted by molar-refractivity contribution is 7.93. The Morgan fingerprint density at radius 2 is 1.67 bits per heavy atom. The van der Waals surface area contributed by atoms with Gasteiger partial charge in [-0.2, -0.15) is 0 Å². The van der Waals surface area contributed by atoms with Gasteiger partial charge in [-0.1, -0.05) is 35.9 Å². The number of rotatable bonds is 4. The Morgan fingerprint density at radius 1 is 0.963 bits per heavy atom. The van der Waals surface area contributed by atoms with E-state index in [1.54, 1.807) is 36.5 Å². The zero-order valence-electron chi connectivity index (χ0n) is 13.8. The molecule has 0 spiro atoms. The molecule has 0 saturated heterocycles. The summed E-state index contributed by atoms with van der Waals surface area (Å²) in [5, 5.41) is 1.35. The third-order valence-electron chi connectivity index (χ3n) is 4.14. The number of nitrogens with zero attached hydrogens (tertiary/aromatic N) is 1. The number of hydrogen-bond donors (Lipinski definition) is 0. The molecule has 2 aromatic heterocycles. The van der Waals surface area contributed by atoms with Gasteiger partial charge in [-0.25, -0.2) is 13.4 Å². The zero-order valence-corrected chi connectivity index (χ0v) is 16.2. The molecule has 0 fully saturated rings. The van der Waals surface area contributed by atoms with Gasteiger partial charge in [-0.3, -0.25) is 4.79 Å². The summed E-state index contributed by atoms with van der Waals surface area (Å²) in [6, 6.07) is 16.6. The fraction of sp³-hybridized carbons (Fsp3) is 0. The Bertz CT molecular complexity index is 1240. The van der Waals surface area contributed by atoms with Crippen molar-refractivity contribution in [3.8, 4) is 11.1 Å². The largest absolute Gasteiger partial charge is 0.298 e. The van der Waals surface area contributed by atoms with Gasteiger partial charge in [0.1, 0.15) is 15.3 Å². The van der Waals surface area contributed by atoms with Crippen LogP contribution in [0.15, 0.2) is 76.0 Å². The molecule has 0 aliphatic heterocycles. The molecule has 0 bridgehead atoms. The van der Waals surface area contributed by atoms with Crippen molar-refractivity contribution in [1.82, 2.24) is 4.98 Å². The van der Waals surface area contributed by atoms with Crippen LogP contribution in [0.5, 0.6) is 0 Å². The number of aromatic nitrogens is 1. The van der Waals surface area contributed by atoms with Crippen LogP contribution in [0.2, 0.25) is 5.02 Å². The van der Waals surface area contributed by atoms with Crippen molar-refractivity contribution in [1.29, 1.82) is 0 Å². The summed E-state index contributed by atoms with van der Waals surface area (Å²) < 4.78 is 26.9. The topological polar surface area (TPSA) is 64.1 Å². The number of benzene rings is 2. The van der Waals surface area contributed by atoms with Crippen LogP contribution in [-0.4, -0.2) is 19.7 Å². The summed E-state index contributed by atoms with van der Waals surface area (Å²) in [4.78, 5) is 16.0. The molecule has 4 aromatic rings. The van der Waals surface area contributed by atoms with Crippen molar-refractivity contribution in [2.75, 3.05) is 0 Å². The number of hydrogen-bond acceptors (Lipinski definition) is 5. The highest BCUT2D eigenvalue weighted by Crippen LogP contribution is 2.43. The van der Waals surface area contributed by atoms with Gasteiger partial charge >= 0.3 is 0 Å². The fourth-order valence-electron chi connectivity index (χ4n) is 2.82. The van der Waals surface area contributed by atoms with Crippen LogP contribution < -0.4 is 0 Å². The van der Waals surface area contributed by atoms with E-state index in [0.717, 1.165) is 22.3 Å². The first-order valence-corrected chi connectivity index (χ1v) is 10.6. The lowest BCUT2D eigenvalue weighted by molar-refractivity contribution is 0.112. The molecular weight excluding hydrogens is 402 g/mol. The van der Waals surface area contributed by atoms with Crippen LogP contribution in [0, 0.1) is 0 Å². The number of thiophene rings is 1. The SMILES string of the molecule is O=Cc1ccc(S(=O)(=O)c2sc3ncccc3c2-c2ccc(Cl)cc2)cc1. The Morgan fingerprint density at radius 3 is 2.33 bits per heavy atom. The Hall–Kier alpha value is -2.54. The van der Waals surface area contributed by atoms with Gasteiger partial charge < -0.3 is 0 Å². The van der Waals surface area contributed by atoms with Gasteiger partial charge in [0.25, 0.3) is 0 Å². The van der Waals surface area contributed by atoms with Crippen molar-refractivity contribution in [2.24, 2.45) is 0 Å². The van der Waals surface area contributed by atoms with E-state index in [4.69, 9.17) is 11.6 Å². The Labute approximate surface area is 165 Å². The van der Waals surface area contributed by atoms with E-state index in [1.807, 2.05) is 6.07 Å². The smallest absolute Gasteiger partial charge is 0.216 e. The highest BCUT2D eigenvalue weighted by Gasteiger charge is 2.27. The second-order valence-electron chi connectivity index (χ2n) is 5.82. The molecule has 4 nitrogen and oxygen atoms in total. The molecule has 134 valence electrons. The van der Waals surface area contributed by atoms with Gasteiger partial charge in [0.2, 0.25) is 9.84 Å². The average molecular weight is 414 g/mol. The minimum atomic E-state index is -3.79. The maximum atomic E-state index is 13.3. The molecule has 7 heteroatoms. The third-order valence-corrected chi connectivity index (χ3v) is 7.79. The summed E-state index contributed by atoms with van der Waals surface area (Å²) in [5.74, 6) is 0. The second kappa shape index (κ2) is 6.88. The van der Waals surface area contributed by atoms with Crippen LogP contribution in [-0.2, 0) is 9.84 Å². The van der Waals surface area contributed by atoms with E-state index in [-0.39, 0.29) is 9.10 Å². The maximum absolute atomic E-state index is 13.3. The van der Waals surface area contributed by atoms with Crippen molar-refractivity contribution in [3.05, 3.63) is 77.4 Å². The summed E-state index contributed by atoms with van der Waals surface area (Å²) in [7, 11) is -3.79. The third kappa shape index (κ3) is 3.16. The molecule has 0 aliphatic carbocycles. The number of carbonyl (C=O) groups excluding carboxylic acids is 1. The molecule has 0 aliphatic rings. The van der Waals surface area contributed by atoms with Crippen LogP contribution in [0.4, 0.5) is 0 Å². The van der Waals surface area contributed by atoms with Crippen molar-refractivity contribution < 1.29 is 13.2 Å². The first kappa shape index (κ1) is 17.9. The molecule has 2 aromatic carbocycles. The van der Waals surface area contributed by atoms with E-state index in [9.17, 15) is 13.2 Å². The van der Waals surface area contributed by atoms with Gasteiger partial charge in [0, 0.05) is 27.7 Å². The lowest BCUT2D eigenvalue weighted by Gasteiger charge is -2.07. The summed E-state index contributed by atoms with van der Waals surface area (Å²) >= 11 is 7.12. The Kier molecular flexibility index (Phi) is 4.55. The van der Waals surface area contributed by atoms with Gasteiger partial charge in [0.05, 0.1) is 4.90 Å². The average Bonchev–Trinajstić information content (AvgIpc) is 3.09. The Balaban J connectivity index is 1.99. The number of pyridine rings is 1. The summed E-state index contributed by atoms with van der Waals surface area (Å²) in [6.07, 6.45) is 2.32. The summed E-state index contributed by atoms with van der Waals surface area (Å²) in [5.41, 5.74) is 1.78. The molecule has 0 saturated carbocycles. The van der Waals surface area contributed by atoms with E-state index in [1.165, 1.54) is 24.3 Å². The predicted molar refractivity (Wildman–Crippen MR) is 107 cm³/mol. The quantitative estimate of drug-likeness (QED) is 0.428. The lowest BCUT2D eigenvalue weighted by Crippen LogP contribution is -2.01. The van der Waals surface area contributed by atoms with Crippen LogP contribution in [0.1, 0.15) is 10.4 Å².